The first kappa shape index (κ1) is 13.1. The van der Waals surface area contributed by atoms with Gasteiger partial charge in [-0.25, -0.2) is 9.78 Å². The molecule has 0 spiro atoms. The molecule has 6 heteroatoms. The van der Waals surface area contributed by atoms with Crippen LogP contribution in [0.1, 0.15) is 56.6 Å². The van der Waals surface area contributed by atoms with Crippen LogP contribution < -0.4 is 5.56 Å². The molecule has 20 heavy (non-hydrogen) atoms. The van der Waals surface area contributed by atoms with Gasteiger partial charge in [-0.05, 0) is 33.6 Å². The molecule has 3 rings (SSSR count). The van der Waals surface area contributed by atoms with Crippen LogP contribution in [0.2, 0.25) is 0 Å². The molecule has 1 aromatic heterocycles. The summed E-state index contributed by atoms with van der Waals surface area (Å²) in [6, 6.07) is 0. The third-order valence-corrected chi connectivity index (χ3v) is 3.42. The fraction of sp³-hybridized carbons (Fsp3) is 0.643. The largest absolute Gasteiger partial charge is 0.444 e. The Balaban J connectivity index is 1.80. The SMILES string of the molecule is CC(C)(C)OC(=O)N1Cc2nc(C3CC3)[nH]c(=O)c2C1. The molecule has 2 heterocycles. The average Bonchev–Trinajstić information content (AvgIpc) is 3.06. The first-order valence-electron chi connectivity index (χ1n) is 6.93. The highest BCUT2D eigenvalue weighted by Crippen LogP contribution is 2.38. The zero-order valence-electron chi connectivity index (χ0n) is 12.0. The lowest BCUT2D eigenvalue weighted by atomic mass is 10.2. The summed E-state index contributed by atoms with van der Waals surface area (Å²) in [5.41, 5.74) is 0.634. The van der Waals surface area contributed by atoms with Gasteiger partial charge in [0.25, 0.3) is 5.56 Å². The van der Waals surface area contributed by atoms with Crippen LogP contribution in [0.4, 0.5) is 4.79 Å². The molecule has 2 aliphatic rings. The Labute approximate surface area is 117 Å². The van der Waals surface area contributed by atoms with E-state index in [1.54, 1.807) is 0 Å². The molecule has 1 aliphatic carbocycles. The highest BCUT2D eigenvalue weighted by Gasteiger charge is 2.33. The zero-order chi connectivity index (χ0) is 14.5. The van der Waals surface area contributed by atoms with E-state index in [0.29, 0.717) is 23.7 Å². The molecule has 0 atom stereocenters. The molecular formula is C14H19N3O3. The van der Waals surface area contributed by atoms with Crippen molar-refractivity contribution in [2.24, 2.45) is 0 Å². The van der Waals surface area contributed by atoms with Gasteiger partial charge in [0.15, 0.2) is 0 Å². The smallest absolute Gasteiger partial charge is 0.410 e. The number of hydrogen-bond acceptors (Lipinski definition) is 4. The van der Waals surface area contributed by atoms with Crippen LogP contribution in [0.25, 0.3) is 0 Å². The maximum atomic E-state index is 12.0. The van der Waals surface area contributed by atoms with Crippen molar-refractivity contribution in [3.63, 3.8) is 0 Å². The molecule has 6 nitrogen and oxygen atoms in total. The highest BCUT2D eigenvalue weighted by molar-refractivity contribution is 5.69. The van der Waals surface area contributed by atoms with Crippen molar-refractivity contribution in [3.05, 3.63) is 27.4 Å². The lowest BCUT2D eigenvalue weighted by Gasteiger charge is -2.23. The minimum absolute atomic E-state index is 0.122. The van der Waals surface area contributed by atoms with Crippen LogP contribution >= 0.6 is 0 Å². The van der Waals surface area contributed by atoms with E-state index in [2.05, 4.69) is 9.97 Å². The standard InChI is InChI=1S/C14H19N3O3/c1-14(2,3)20-13(19)17-6-9-10(7-17)15-11(8-4-5-8)16-12(9)18/h8H,4-7H2,1-3H3,(H,15,16,18). The van der Waals surface area contributed by atoms with Crippen molar-refractivity contribution in [2.45, 2.75) is 58.2 Å². The number of nitrogens with one attached hydrogen (secondary N) is 1. The summed E-state index contributed by atoms with van der Waals surface area (Å²) in [5.74, 6) is 1.16. The number of fused-ring (bicyclic) bond motifs is 1. The maximum absolute atomic E-state index is 12.0. The van der Waals surface area contributed by atoms with Crippen molar-refractivity contribution in [1.82, 2.24) is 14.9 Å². The topological polar surface area (TPSA) is 75.3 Å². The molecule has 1 N–H and O–H groups in total. The molecule has 0 unspecified atom stereocenters. The first-order chi connectivity index (χ1) is 9.33. The number of hydrogen-bond donors (Lipinski definition) is 1. The van der Waals surface area contributed by atoms with Crippen LogP contribution in [0.3, 0.4) is 0 Å². The molecule has 0 aromatic carbocycles. The van der Waals surface area contributed by atoms with Crippen LogP contribution in [0, 0.1) is 0 Å². The Morgan fingerprint density at radius 2 is 2.05 bits per heavy atom. The second kappa shape index (κ2) is 4.33. The fourth-order valence-electron chi connectivity index (χ4n) is 2.29. The number of carbonyl (C=O) groups excluding carboxylic acids is 1. The number of amides is 1. The Morgan fingerprint density at radius 3 is 2.65 bits per heavy atom. The van der Waals surface area contributed by atoms with Gasteiger partial charge in [0.2, 0.25) is 0 Å². The second-order valence-corrected chi connectivity index (χ2v) is 6.49. The highest BCUT2D eigenvalue weighted by atomic mass is 16.6. The lowest BCUT2D eigenvalue weighted by Crippen LogP contribution is -2.33. The monoisotopic (exact) mass is 277 g/mol. The average molecular weight is 277 g/mol. The number of carbonyl (C=O) groups is 1. The van der Waals surface area contributed by atoms with Crippen molar-refractivity contribution in [1.29, 1.82) is 0 Å². The van der Waals surface area contributed by atoms with Crippen molar-refractivity contribution < 1.29 is 9.53 Å². The zero-order valence-corrected chi connectivity index (χ0v) is 12.0. The van der Waals surface area contributed by atoms with E-state index in [9.17, 15) is 9.59 Å². The Morgan fingerprint density at radius 1 is 1.35 bits per heavy atom. The number of nitrogens with zero attached hydrogens (tertiary/aromatic N) is 2. The Hall–Kier alpha value is -1.85. The molecule has 0 saturated heterocycles. The number of aromatic nitrogens is 2. The number of aromatic amines is 1. The van der Waals surface area contributed by atoms with E-state index in [0.717, 1.165) is 18.7 Å². The number of ether oxygens (including phenoxy) is 1. The number of H-pyrrole nitrogens is 1. The molecule has 0 bridgehead atoms. The van der Waals surface area contributed by atoms with Crippen LogP contribution in [-0.2, 0) is 17.8 Å². The normalized spacial score (nSPS) is 18.1. The van der Waals surface area contributed by atoms with Gasteiger partial charge in [-0.15, -0.1) is 0 Å². The van der Waals surface area contributed by atoms with Gasteiger partial charge in [0.05, 0.1) is 24.3 Å². The molecule has 0 radical (unpaired) electrons. The van der Waals surface area contributed by atoms with Gasteiger partial charge in [0, 0.05) is 5.92 Å². The van der Waals surface area contributed by atoms with Gasteiger partial charge in [-0.3, -0.25) is 9.69 Å². The first-order valence-corrected chi connectivity index (χ1v) is 6.93. The van der Waals surface area contributed by atoms with E-state index in [4.69, 9.17) is 4.74 Å². The minimum Gasteiger partial charge on any atom is -0.444 e. The predicted octanol–water partition coefficient (Wildman–Crippen LogP) is 1.90. The summed E-state index contributed by atoms with van der Waals surface area (Å²) in [4.78, 5) is 32.9. The van der Waals surface area contributed by atoms with Gasteiger partial charge in [-0.2, -0.15) is 0 Å². The van der Waals surface area contributed by atoms with Gasteiger partial charge >= 0.3 is 6.09 Å². The fourth-order valence-corrected chi connectivity index (χ4v) is 2.29. The van der Waals surface area contributed by atoms with E-state index >= 15 is 0 Å². The van der Waals surface area contributed by atoms with Gasteiger partial charge in [0.1, 0.15) is 11.4 Å². The summed E-state index contributed by atoms with van der Waals surface area (Å²) < 4.78 is 5.33. The van der Waals surface area contributed by atoms with E-state index in [1.165, 1.54) is 4.90 Å². The van der Waals surface area contributed by atoms with Gasteiger partial charge in [-0.1, -0.05) is 0 Å². The van der Waals surface area contributed by atoms with Crippen LogP contribution in [0.5, 0.6) is 0 Å². The van der Waals surface area contributed by atoms with Gasteiger partial charge < -0.3 is 9.72 Å². The van der Waals surface area contributed by atoms with E-state index < -0.39 is 11.7 Å². The third kappa shape index (κ3) is 2.55. The summed E-state index contributed by atoms with van der Waals surface area (Å²) >= 11 is 0. The van der Waals surface area contributed by atoms with Crippen LogP contribution in [-0.4, -0.2) is 26.6 Å². The summed E-state index contributed by atoms with van der Waals surface area (Å²) in [7, 11) is 0. The van der Waals surface area contributed by atoms with E-state index in [1.807, 2.05) is 20.8 Å². The summed E-state index contributed by atoms with van der Waals surface area (Å²) in [5, 5.41) is 0. The summed E-state index contributed by atoms with van der Waals surface area (Å²) in [6.45, 7) is 6.10. The molecule has 1 fully saturated rings. The van der Waals surface area contributed by atoms with Crippen molar-refractivity contribution in [3.8, 4) is 0 Å². The molecule has 1 saturated carbocycles. The second-order valence-electron chi connectivity index (χ2n) is 6.49. The molecular weight excluding hydrogens is 258 g/mol. The molecule has 1 aliphatic heterocycles. The lowest BCUT2D eigenvalue weighted by molar-refractivity contribution is 0.0240. The van der Waals surface area contributed by atoms with Crippen molar-refractivity contribution >= 4 is 6.09 Å². The quantitative estimate of drug-likeness (QED) is 0.850. The van der Waals surface area contributed by atoms with Crippen molar-refractivity contribution in [2.75, 3.05) is 0 Å². The third-order valence-electron chi connectivity index (χ3n) is 3.42. The maximum Gasteiger partial charge on any atom is 0.410 e. The van der Waals surface area contributed by atoms with Crippen LogP contribution in [0.15, 0.2) is 4.79 Å². The minimum atomic E-state index is -0.537. The predicted molar refractivity (Wildman–Crippen MR) is 72.3 cm³/mol. The molecule has 108 valence electrons. The molecule has 1 amide bonds. The summed E-state index contributed by atoms with van der Waals surface area (Å²) in [6.07, 6.45) is 1.76. The number of rotatable bonds is 1. The van der Waals surface area contributed by atoms with E-state index in [-0.39, 0.29) is 12.1 Å². The Kier molecular flexibility index (Phi) is 2.84. The molecule has 1 aromatic rings. The Bertz CT molecular complexity index is 611.